The molecule has 1 aliphatic rings. The average molecular weight is 300 g/mol. The van der Waals surface area contributed by atoms with E-state index in [9.17, 15) is 18.0 Å². The summed E-state index contributed by atoms with van der Waals surface area (Å²) in [6.45, 7) is 5.06. The molecule has 0 aliphatic carbocycles. The van der Waals surface area contributed by atoms with Crippen LogP contribution in [0.25, 0.3) is 6.08 Å². The topological polar surface area (TPSA) is 35.5 Å². The lowest BCUT2D eigenvalue weighted by Crippen LogP contribution is -2.40. The molecular formula is C15H15F3O3. The van der Waals surface area contributed by atoms with Gasteiger partial charge < -0.3 is 9.47 Å². The van der Waals surface area contributed by atoms with Gasteiger partial charge in [-0.3, -0.25) is 0 Å². The SMILES string of the molecule is CCOC(=O)C1=Cc2c(C)cc(C)cc2OC1C(F)(F)F. The summed E-state index contributed by atoms with van der Waals surface area (Å²) in [5.74, 6) is -0.881. The van der Waals surface area contributed by atoms with Crippen LogP contribution in [0.15, 0.2) is 17.7 Å². The second-order valence-electron chi connectivity index (χ2n) is 4.85. The van der Waals surface area contributed by atoms with E-state index in [0.29, 0.717) is 5.56 Å². The number of carbonyl (C=O) groups excluding carboxylic acids is 1. The Morgan fingerprint density at radius 3 is 2.57 bits per heavy atom. The van der Waals surface area contributed by atoms with Crippen LogP contribution in [-0.4, -0.2) is 24.9 Å². The maximum absolute atomic E-state index is 13.1. The quantitative estimate of drug-likeness (QED) is 0.783. The molecule has 1 aromatic carbocycles. The third kappa shape index (κ3) is 3.04. The first-order valence-corrected chi connectivity index (χ1v) is 6.47. The normalized spacial score (nSPS) is 17.6. The van der Waals surface area contributed by atoms with Crippen molar-refractivity contribution in [1.29, 1.82) is 0 Å². The number of halogens is 3. The molecule has 0 fully saturated rings. The van der Waals surface area contributed by atoms with Gasteiger partial charge in [0.1, 0.15) is 5.75 Å². The van der Waals surface area contributed by atoms with Crippen LogP contribution in [-0.2, 0) is 9.53 Å². The van der Waals surface area contributed by atoms with E-state index >= 15 is 0 Å². The predicted octanol–water partition coefficient (Wildman–Crippen LogP) is 3.57. The van der Waals surface area contributed by atoms with Gasteiger partial charge in [-0.05, 0) is 44.0 Å². The first-order valence-electron chi connectivity index (χ1n) is 6.47. The number of hydrogen-bond donors (Lipinski definition) is 0. The lowest BCUT2D eigenvalue weighted by Gasteiger charge is -2.28. The third-order valence-corrected chi connectivity index (χ3v) is 3.13. The Morgan fingerprint density at radius 1 is 1.33 bits per heavy atom. The molecule has 1 heterocycles. The van der Waals surface area contributed by atoms with Gasteiger partial charge in [0.05, 0.1) is 12.2 Å². The molecule has 2 rings (SSSR count). The number of ether oxygens (including phenoxy) is 2. The van der Waals surface area contributed by atoms with Crippen molar-refractivity contribution in [2.24, 2.45) is 0 Å². The molecule has 1 aliphatic heterocycles. The molecule has 0 aromatic heterocycles. The summed E-state index contributed by atoms with van der Waals surface area (Å²) in [6, 6.07) is 3.34. The second-order valence-corrected chi connectivity index (χ2v) is 4.85. The van der Waals surface area contributed by atoms with Crippen LogP contribution in [0.5, 0.6) is 5.75 Å². The van der Waals surface area contributed by atoms with Crippen molar-refractivity contribution in [2.75, 3.05) is 6.61 Å². The number of hydrogen-bond acceptors (Lipinski definition) is 3. The Bertz CT molecular complexity index is 603. The molecular weight excluding hydrogens is 285 g/mol. The number of rotatable bonds is 2. The van der Waals surface area contributed by atoms with Gasteiger partial charge in [-0.25, -0.2) is 4.79 Å². The maximum atomic E-state index is 13.1. The molecule has 0 radical (unpaired) electrons. The van der Waals surface area contributed by atoms with E-state index in [1.807, 2.05) is 6.07 Å². The minimum Gasteiger partial charge on any atom is -0.475 e. The molecule has 114 valence electrons. The highest BCUT2D eigenvalue weighted by Gasteiger charge is 2.48. The number of alkyl halides is 3. The molecule has 0 saturated carbocycles. The predicted molar refractivity (Wildman–Crippen MR) is 71.0 cm³/mol. The van der Waals surface area contributed by atoms with Gasteiger partial charge in [0.15, 0.2) is 0 Å². The van der Waals surface area contributed by atoms with Crippen molar-refractivity contribution in [1.82, 2.24) is 0 Å². The number of fused-ring (bicyclic) bond motifs is 1. The lowest BCUT2D eigenvalue weighted by molar-refractivity contribution is -0.187. The van der Waals surface area contributed by atoms with Crippen LogP contribution in [0.1, 0.15) is 23.6 Å². The summed E-state index contributed by atoms with van der Waals surface area (Å²) in [7, 11) is 0. The van der Waals surface area contributed by atoms with Gasteiger partial charge in [-0.15, -0.1) is 0 Å². The Labute approximate surface area is 120 Å². The minimum absolute atomic E-state index is 0.000484. The molecule has 1 unspecified atom stereocenters. The van der Waals surface area contributed by atoms with E-state index in [1.165, 1.54) is 19.1 Å². The molecule has 6 heteroatoms. The molecule has 0 saturated heterocycles. The van der Waals surface area contributed by atoms with Crippen LogP contribution in [0.2, 0.25) is 0 Å². The highest BCUT2D eigenvalue weighted by Crippen LogP contribution is 2.39. The fraction of sp³-hybridized carbons (Fsp3) is 0.400. The van der Waals surface area contributed by atoms with Gasteiger partial charge in [-0.1, -0.05) is 6.07 Å². The second kappa shape index (κ2) is 5.42. The standard InChI is InChI=1S/C15H15F3O3/c1-4-20-14(19)11-7-10-9(3)5-8(2)6-12(10)21-13(11)15(16,17)18/h5-7,13H,4H2,1-3H3. The third-order valence-electron chi connectivity index (χ3n) is 3.13. The highest BCUT2D eigenvalue weighted by molar-refractivity contribution is 5.96. The van der Waals surface area contributed by atoms with Crippen molar-refractivity contribution in [3.8, 4) is 5.75 Å². The van der Waals surface area contributed by atoms with Gasteiger partial charge >= 0.3 is 12.1 Å². The Balaban J connectivity index is 2.55. The highest BCUT2D eigenvalue weighted by atomic mass is 19.4. The summed E-state index contributed by atoms with van der Waals surface area (Å²) in [4.78, 5) is 11.8. The van der Waals surface area contributed by atoms with E-state index in [4.69, 9.17) is 9.47 Å². The molecule has 1 atom stereocenters. The Hall–Kier alpha value is -1.98. The molecule has 3 nitrogen and oxygen atoms in total. The lowest BCUT2D eigenvalue weighted by atomic mass is 9.96. The first-order chi connectivity index (χ1) is 9.74. The molecule has 0 N–H and O–H groups in total. The van der Waals surface area contributed by atoms with Gasteiger partial charge in [0, 0.05) is 5.56 Å². The molecule has 0 bridgehead atoms. The zero-order valence-electron chi connectivity index (χ0n) is 11.9. The van der Waals surface area contributed by atoms with Crippen molar-refractivity contribution < 1.29 is 27.4 Å². The van der Waals surface area contributed by atoms with Gasteiger partial charge in [0.25, 0.3) is 0 Å². The van der Waals surface area contributed by atoms with E-state index in [2.05, 4.69) is 0 Å². The monoisotopic (exact) mass is 300 g/mol. The molecule has 0 spiro atoms. The molecule has 1 aromatic rings. The number of aryl methyl sites for hydroxylation is 2. The smallest absolute Gasteiger partial charge is 0.430 e. The summed E-state index contributed by atoms with van der Waals surface area (Å²) in [6.07, 6.45) is -5.78. The van der Waals surface area contributed by atoms with Crippen molar-refractivity contribution >= 4 is 12.0 Å². The minimum atomic E-state index is -4.69. The van der Waals surface area contributed by atoms with Crippen LogP contribution >= 0.6 is 0 Å². The van der Waals surface area contributed by atoms with Crippen LogP contribution in [0.4, 0.5) is 13.2 Å². The number of benzene rings is 1. The largest absolute Gasteiger partial charge is 0.475 e. The first kappa shape index (κ1) is 15.4. The summed E-state index contributed by atoms with van der Waals surface area (Å²) in [5, 5.41) is 0. The molecule has 21 heavy (non-hydrogen) atoms. The number of esters is 1. The maximum Gasteiger partial charge on any atom is 0.430 e. The summed E-state index contributed by atoms with van der Waals surface area (Å²) >= 11 is 0. The van der Waals surface area contributed by atoms with E-state index < -0.39 is 23.8 Å². The van der Waals surface area contributed by atoms with E-state index in [1.54, 1.807) is 13.8 Å². The number of carbonyl (C=O) groups is 1. The van der Waals surface area contributed by atoms with E-state index in [-0.39, 0.29) is 12.4 Å². The van der Waals surface area contributed by atoms with Gasteiger partial charge in [-0.2, -0.15) is 13.2 Å². The van der Waals surface area contributed by atoms with E-state index in [0.717, 1.165) is 11.1 Å². The zero-order chi connectivity index (χ0) is 15.8. The van der Waals surface area contributed by atoms with Crippen molar-refractivity contribution in [3.05, 3.63) is 34.4 Å². The van der Waals surface area contributed by atoms with Crippen LogP contribution in [0.3, 0.4) is 0 Å². The Kier molecular flexibility index (Phi) is 3.98. The summed E-state index contributed by atoms with van der Waals surface area (Å²) in [5.41, 5.74) is 1.49. The van der Waals surface area contributed by atoms with Crippen LogP contribution in [0, 0.1) is 13.8 Å². The zero-order valence-corrected chi connectivity index (χ0v) is 11.9. The van der Waals surface area contributed by atoms with Gasteiger partial charge in [0.2, 0.25) is 6.10 Å². The van der Waals surface area contributed by atoms with Crippen LogP contribution < -0.4 is 4.74 Å². The summed E-state index contributed by atoms with van der Waals surface area (Å²) < 4.78 is 49.1. The molecule has 0 amide bonds. The van der Waals surface area contributed by atoms with Crippen molar-refractivity contribution in [2.45, 2.75) is 33.1 Å². The van der Waals surface area contributed by atoms with Crippen molar-refractivity contribution in [3.63, 3.8) is 0 Å². The average Bonchev–Trinajstić information content (AvgIpc) is 2.36. The Morgan fingerprint density at radius 2 is 2.00 bits per heavy atom. The fourth-order valence-corrected chi connectivity index (χ4v) is 2.27. The fourth-order valence-electron chi connectivity index (χ4n) is 2.27.